The fourth-order valence-corrected chi connectivity index (χ4v) is 7.54. The van der Waals surface area contributed by atoms with Crippen LogP contribution in [-0.2, 0) is 50.7 Å². The second kappa shape index (κ2) is 22.5. The van der Waals surface area contributed by atoms with Crippen molar-refractivity contribution >= 4 is 69.1 Å². The largest absolute Gasteiger partial charge is 1.00 e. The second-order valence-corrected chi connectivity index (χ2v) is 16.7. The molecule has 24 nitrogen and oxygen atoms in total. The molecule has 1 aliphatic rings. The Morgan fingerprint density at radius 2 is 1.70 bits per heavy atom. The van der Waals surface area contributed by atoms with Gasteiger partial charge in [0.15, 0.2) is 22.8 Å². The predicted octanol–water partition coefficient (Wildman–Crippen LogP) is -12.2. The van der Waals surface area contributed by atoms with Gasteiger partial charge in [0.1, 0.15) is 36.3 Å². The van der Waals surface area contributed by atoms with E-state index < -0.39 is 84.6 Å². The summed E-state index contributed by atoms with van der Waals surface area (Å²) in [6, 6.07) is 0. The Kier molecular flexibility index (Phi) is 22.2. The fourth-order valence-electron chi connectivity index (χ4n) is 4.31. The molecule has 3 rings (SSSR count). The van der Waals surface area contributed by atoms with Crippen LogP contribution < -0.4 is 87.6 Å². The number of aliphatic hydroxyl groups is 2. The van der Waals surface area contributed by atoms with Gasteiger partial charge in [0.2, 0.25) is 11.8 Å². The molecule has 7 N–H and O–H groups in total. The molecule has 0 radical (unpaired) electrons. The van der Waals surface area contributed by atoms with Gasteiger partial charge < -0.3 is 64.5 Å². The number of ether oxygens (including phenoxy) is 1. The van der Waals surface area contributed by atoms with Gasteiger partial charge in [-0.25, -0.2) is 19.3 Å². The molecule has 1 saturated heterocycles. The van der Waals surface area contributed by atoms with Crippen molar-refractivity contribution in [2.45, 2.75) is 57.8 Å². The van der Waals surface area contributed by atoms with Crippen molar-refractivity contribution in [3.8, 4) is 0 Å². The molecule has 288 valence electrons. The van der Waals surface area contributed by atoms with E-state index in [1.54, 1.807) is 0 Å². The molecule has 8 atom stereocenters. The molecule has 2 aromatic heterocycles. The molecule has 3 heterocycles. The zero-order valence-electron chi connectivity index (χ0n) is 30.0. The van der Waals surface area contributed by atoms with Crippen molar-refractivity contribution < 1.29 is 137 Å². The van der Waals surface area contributed by atoms with Gasteiger partial charge in [0.05, 0.1) is 19.5 Å². The predicted molar refractivity (Wildman–Crippen MR) is 166 cm³/mol. The van der Waals surface area contributed by atoms with Crippen LogP contribution in [0.25, 0.3) is 11.2 Å². The molecule has 2 amide bonds. The number of aliphatic hydroxyl groups excluding tert-OH is 2. The van der Waals surface area contributed by atoms with Crippen LogP contribution in [0.1, 0.15) is 33.4 Å². The number of rotatable bonds is 19. The third kappa shape index (κ3) is 16.3. The first-order valence-electron chi connectivity index (χ1n) is 14.5. The summed E-state index contributed by atoms with van der Waals surface area (Å²) < 4.78 is 60.5. The summed E-state index contributed by atoms with van der Waals surface area (Å²) in [5.41, 5.74) is 4.11. The molecule has 3 unspecified atom stereocenters. The van der Waals surface area contributed by atoms with Gasteiger partial charge in [-0.05, 0) is 0 Å². The van der Waals surface area contributed by atoms with Gasteiger partial charge in [-0.1, -0.05) is 25.6 Å². The van der Waals surface area contributed by atoms with E-state index in [0.29, 0.717) is 5.75 Å². The van der Waals surface area contributed by atoms with E-state index in [1.165, 1.54) is 20.8 Å². The van der Waals surface area contributed by atoms with Crippen molar-refractivity contribution in [2.24, 2.45) is 5.41 Å². The van der Waals surface area contributed by atoms with Crippen LogP contribution in [-0.4, -0.2) is 108 Å². The van der Waals surface area contributed by atoms with Gasteiger partial charge in [0, 0.05) is 37.6 Å². The molecule has 0 spiro atoms. The van der Waals surface area contributed by atoms with Crippen molar-refractivity contribution in [3.05, 3.63) is 12.7 Å². The molecule has 1 fully saturated rings. The van der Waals surface area contributed by atoms with Crippen LogP contribution >= 0.6 is 35.2 Å². The Morgan fingerprint density at radius 3 is 2.31 bits per heavy atom. The molecular formula is C23H35Li3N7O17P3S. The second-order valence-electron chi connectivity index (χ2n) is 11.3. The van der Waals surface area contributed by atoms with E-state index in [4.69, 9.17) is 10.5 Å². The molecule has 0 saturated carbocycles. The summed E-state index contributed by atoms with van der Waals surface area (Å²) in [4.78, 5) is 92.4. The van der Waals surface area contributed by atoms with Crippen LogP contribution in [0.4, 0.5) is 5.82 Å². The number of thioether (sulfide) groups is 1. The van der Waals surface area contributed by atoms with E-state index in [9.17, 15) is 57.9 Å². The Bertz CT molecular complexity index is 1730. The molecule has 0 aromatic carbocycles. The Morgan fingerprint density at radius 1 is 1.07 bits per heavy atom. The molecule has 1 aliphatic heterocycles. The van der Waals surface area contributed by atoms with E-state index >= 15 is 0 Å². The first kappa shape index (κ1) is 53.4. The minimum absolute atomic E-state index is 0. The molecular weight excluding hydrogens is 792 g/mol. The average molecular weight is 827 g/mol. The normalized spacial score (nSPS) is 22.2. The van der Waals surface area contributed by atoms with Crippen LogP contribution in [0.15, 0.2) is 12.7 Å². The summed E-state index contributed by atoms with van der Waals surface area (Å²) in [6.45, 7) is 1.54. The number of fused-ring (bicyclic) bond motifs is 1. The fraction of sp³-hybridized carbons (Fsp3) is 0.652. The first-order valence-corrected chi connectivity index (χ1v) is 19.9. The quantitative estimate of drug-likeness (QED) is 0.0435. The number of phosphoric acid groups is 3. The Labute approximate surface area is 348 Å². The number of imidazole rings is 1. The van der Waals surface area contributed by atoms with E-state index in [0.717, 1.165) is 29.0 Å². The summed E-state index contributed by atoms with van der Waals surface area (Å²) in [5, 5.41) is 25.9. The minimum atomic E-state index is -5.89. The summed E-state index contributed by atoms with van der Waals surface area (Å²) in [7, 11) is -17.3. The number of hydrogen-bond donors (Lipinski definition) is 6. The van der Waals surface area contributed by atoms with Crippen molar-refractivity contribution in [3.63, 3.8) is 0 Å². The SMILES string of the molecule is CC(=O)SCCNC(=O)CCNC(=O)[C@H](O)C(C)(C)COP(=O)([O-])OP(=O)([O-])OC[C@H]1O[C@@H](n2cnc3c(N)ncnc32)[C@H](O)[C@H]1OP(=O)([O-])O.[Li+].[Li+].[Li+]. The zero-order chi connectivity index (χ0) is 38.4. The number of carbonyl (C=O) groups is 3. The zero-order valence-corrected chi connectivity index (χ0v) is 33.5. The van der Waals surface area contributed by atoms with Gasteiger partial charge in [-0.2, -0.15) is 0 Å². The van der Waals surface area contributed by atoms with Gasteiger partial charge in [-0.15, -0.1) is 0 Å². The summed E-state index contributed by atoms with van der Waals surface area (Å²) >= 11 is 1.02. The number of hydrogen-bond acceptors (Lipinski definition) is 21. The van der Waals surface area contributed by atoms with Crippen LogP contribution in [0.3, 0.4) is 0 Å². The number of aromatic nitrogens is 4. The Balaban J connectivity index is 0.00000936. The number of nitrogen functional groups attached to an aromatic ring is 1. The smallest absolute Gasteiger partial charge is 0.756 e. The molecule has 2 aromatic rings. The number of amides is 2. The van der Waals surface area contributed by atoms with Crippen LogP contribution in [0, 0.1) is 5.41 Å². The minimum Gasteiger partial charge on any atom is -0.756 e. The van der Waals surface area contributed by atoms with Crippen LogP contribution in [0.2, 0.25) is 0 Å². The van der Waals surface area contributed by atoms with E-state index in [1.807, 2.05) is 0 Å². The van der Waals surface area contributed by atoms with Gasteiger partial charge in [-0.3, -0.25) is 32.6 Å². The molecule has 0 bridgehead atoms. The summed E-state index contributed by atoms with van der Waals surface area (Å²) in [6.07, 6.45) is -7.35. The van der Waals surface area contributed by atoms with Crippen molar-refractivity contribution in [2.75, 3.05) is 37.8 Å². The number of anilines is 1. The van der Waals surface area contributed by atoms with Crippen molar-refractivity contribution in [1.82, 2.24) is 30.2 Å². The number of carbonyl (C=O) groups excluding carboxylic acids is 3. The molecule has 0 aliphatic carbocycles. The number of nitrogens with two attached hydrogens (primary N) is 1. The summed E-state index contributed by atoms with van der Waals surface area (Å²) in [5.74, 6) is -1.17. The topological polar surface area (TPSA) is 372 Å². The van der Waals surface area contributed by atoms with Gasteiger partial charge >= 0.3 is 56.6 Å². The molecule has 31 heteroatoms. The van der Waals surface area contributed by atoms with Crippen molar-refractivity contribution in [1.29, 1.82) is 0 Å². The van der Waals surface area contributed by atoms with E-state index in [-0.39, 0.29) is 98.2 Å². The maximum Gasteiger partial charge on any atom is 1.00 e. The monoisotopic (exact) mass is 827 g/mol. The number of nitrogens with zero attached hydrogens (tertiary/aromatic N) is 4. The third-order valence-corrected chi connectivity index (χ3v) is 10.6. The maximum absolute atomic E-state index is 12.4. The van der Waals surface area contributed by atoms with Crippen LogP contribution in [0.5, 0.6) is 0 Å². The molecule has 54 heavy (non-hydrogen) atoms. The number of phosphoric ester groups is 3. The first-order chi connectivity index (χ1) is 23.5. The Hall–Kier alpha value is -0.648. The standard InChI is InChI=1S/C23H38N7O17P3S.3Li/c1-12(31)51-7-6-25-14(32)4-5-26-21(35)18(34)23(2,3)9-44-50(41,42)47-49(39,40)43-8-13-17(46-48(36,37)38)16(33)22(45-13)30-11-29-15-19(24)27-10-28-20(15)30;;;/h10-11,13,16-18,22,33-34H,4-9H2,1-3H3,(H,25,32)(H,26,35)(H,39,40)(H,41,42)(H2,24,27,28)(H2,36,37,38);;;/q;3*+1/p-3/t13-,16-,17+,18+,22-;;;/m1.../s1. The number of nitrogens with one attached hydrogen (secondary N) is 2. The average Bonchev–Trinajstić information content (AvgIpc) is 3.57. The van der Waals surface area contributed by atoms with E-state index in [2.05, 4.69) is 43.5 Å². The maximum atomic E-state index is 12.4. The third-order valence-electron chi connectivity index (χ3n) is 6.79. The van der Waals surface area contributed by atoms with Gasteiger partial charge in [0.25, 0.3) is 23.5 Å².